The third-order valence-electron chi connectivity index (χ3n) is 3.94. The van der Waals surface area contributed by atoms with E-state index in [0.717, 1.165) is 17.9 Å². The summed E-state index contributed by atoms with van der Waals surface area (Å²) < 4.78 is 1.73. The SMILES string of the molecule is CC(C)N1CCCC1Cc1nc2cccc(N)n2n1. The van der Waals surface area contributed by atoms with E-state index in [1.165, 1.54) is 19.4 Å². The second-order valence-electron chi connectivity index (χ2n) is 5.58. The monoisotopic (exact) mass is 259 g/mol. The van der Waals surface area contributed by atoms with Gasteiger partial charge in [-0.25, -0.2) is 4.98 Å². The van der Waals surface area contributed by atoms with Gasteiger partial charge in [0.05, 0.1) is 0 Å². The maximum atomic E-state index is 5.90. The molecule has 5 nitrogen and oxygen atoms in total. The minimum absolute atomic E-state index is 0.568. The summed E-state index contributed by atoms with van der Waals surface area (Å²) in [7, 11) is 0. The van der Waals surface area contributed by atoms with Gasteiger partial charge in [-0.05, 0) is 45.4 Å². The van der Waals surface area contributed by atoms with Gasteiger partial charge in [0.1, 0.15) is 5.82 Å². The first-order chi connectivity index (χ1) is 9.15. The van der Waals surface area contributed by atoms with Crippen molar-refractivity contribution in [3.05, 3.63) is 24.0 Å². The summed E-state index contributed by atoms with van der Waals surface area (Å²) in [5.74, 6) is 1.54. The lowest BCUT2D eigenvalue weighted by molar-refractivity contribution is 0.201. The van der Waals surface area contributed by atoms with E-state index in [4.69, 9.17) is 5.73 Å². The molecule has 1 saturated heterocycles. The van der Waals surface area contributed by atoms with Gasteiger partial charge < -0.3 is 5.73 Å². The smallest absolute Gasteiger partial charge is 0.157 e. The Bertz CT molecular complexity index is 574. The number of nitrogen functional groups attached to an aromatic ring is 1. The lowest BCUT2D eigenvalue weighted by atomic mass is 10.1. The number of likely N-dealkylation sites (tertiary alicyclic amines) is 1. The molecule has 102 valence electrons. The highest BCUT2D eigenvalue weighted by atomic mass is 15.3. The van der Waals surface area contributed by atoms with Gasteiger partial charge in [0, 0.05) is 18.5 Å². The zero-order valence-corrected chi connectivity index (χ0v) is 11.6. The second-order valence-corrected chi connectivity index (χ2v) is 5.58. The Morgan fingerprint density at radius 1 is 1.42 bits per heavy atom. The highest BCUT2D eigenvalue weighted by molar-refractivity contribution is 5.46. The topological polar surface area (TPSA) is 59.5 Å². The number of pyridine rings is 1. The van der Waals surface area contributed by atoms with Gasteiger partial charge in [-0.3, -0.25) is 4.90 Å². The Balaban J connectivity index is 1.83. The molecule has 0 aliphatic carbocycles. The molecule has 1 unspecified atom stereocenters. The van der Waals surface area contributed by atoms with Gasteiger partial charge in [0.15, 0.2) is 11.5 Å². The van der Waals surface area contributed by atoms with Crippen molar-refractivity contribution in [3.8, 4) is 0 Å². The number of fused-ring (bicyclic) bond motifs is 1. The van der Waals surface area contributed by atoms with Crippen molar-refractivity contribution < 1.29 is 0 Å². The molecule has 2 aromatic heterocycles. The van der Waals surface area contributed by atoms with E-state index in [-0.39, 0.29) is 0 Å². The van der Waals surface area contributed by atoms with Crippen LogP contribution in [0.2, 0.25) is 0 Å². The summed E-state index contributed by atoms with van der Waals surface area (Å²) in [6.45, 7) is 5.71. The number of hydrogen-bond donors (Lipinski definition) is 1. The van der Waals surface area contributed by atoms with Crippen LogP contribution in [0.4, 0.5) is 5.82 Å². The molecular formula is C14H21N5. The Morgan fingerprint density at radius 2 is 2.26 bits per heavy atom. The van der Waals surface area contributed by atoms with E-state index >= 15 is 0 Å². The second kappa shape index (κ2) is 4.81. The molecule has 3 rings (SSSR count). The van der Waals surface area contributed by atoms with Crippen molar-refractivity contribution in [2.24, 2.45) is 0 Å². The molecule has 0 spiro atoms. The van der Waals surface area contributed by atoms with E-state index in [1.807, 2.05) is 18.2 Å². The lowest BCUT2D eigenvalue weighted by Crippen LogP contribution is -2.36. The predicted octanol–water partition coefficient (Wildman–Crippen LogP) is 1.73. The molecule has 1 atom stereocenters. The fourth-order valence-electron chi connectivity index (χ4n) is 3.02. The molecule has 0 amide bonds. The summed E-state index contributed by atoms with van der Waals surface area (Å²) in [5.41, 5.74) is 6.74. The first kappa shape index (κ1) is 12.4. The number of aromatic nitrogens is 3. The highest BCUT2D eigenvalue weighted by Crippen LogP contribution is 2.22. The largest absolute Gasteiger partial charge is 0.384 e. The molecule has 0 aromatic carbocycles. The Morgan fingerprint density at radius 3 is 3.00 bits per heavy atom. The first-order valence-corrected chi connectivity index (χ1v) is 7.01. The third kappa shape index (κ3) is 2.30. The zero-order valence-electron chi connectivity index (χ0n) is 11.6. The van der Waals surface area contributed by atoms with Crippen LogP contribution in [0.3, 0.4) is 0 Å². The van der Waals surface area contributed by atoms with Crippen molar-refractivity contribution in [1.29, 1.82) is 0 Å². The van der Waals surface area contributed by atoms with E-state index in [0.29, 0.717) is 17.9 Å². The minimum atomic E-state index is 0.568. The van der Waals surface area contributed by atoms with E-state index in [9.17, 15) is 0 Å². The van der Waals surface area contributed by atoms with Crippen molar-refractivity contribution >= 4 is 11.5 Å². The standard InChI is InChI=1S/C14H21N5/c1-10(2)18-8-4-5-11(18)9-13-16-14-7-3-6-12(15)19(14)17-13/h3,6-7,10-11H,4-5,8-9,15H2,1-2H3. The fourth-order valence-corrected chi connectivity index (χ4v) is 3.02. The van der Waals surface area contributed by atoms with Crippen LogP contribution < -0.4 is 5.73 Å². The minimum Gasteiger partial charge on any atom is -0.384 e. The maximum absolute atomic E-state index is 5.90. The molecule has 2 N–H and O–H groups in total. The molecule has 5 heteroatoms. The average molecular weight is 259 g/mol. The normalized spacial score (nSPS) is 20.7. The van der Waals surface area contributed by atoms with E-state index in [2.05, 4.69) is 28.8 Å². The summed E-state index contributed by atoms with van der Waals surface area (Å²) in [5, 5.41) is 4.52. The Labute approximate surface area is 113 Å². The Hall–Kier alpha value is -1.62. The first-order valence-electron chi connectivity index (χ1n) is 7.01. The molecular weight excluding hydrogens is 238 g/mol. The lowest BCUT2D eigenvalue weighted by Gasteiger charge is -2.27. The number of anilines is 1. The maximum Gasteiger partial charge on any atom is 0.157 e. The van der Waals surface area contributed by atoms with Crippen LogP contribution in [0.1, 0.15) is 32.5 Å². The predicted molar refractivity (Wildman–Crippen MR) is 76.0 cm³/mol. The van der Waals surface area contributed by atoms with Crippen LogP contribution in [0.15, 0.2) is 18.2 Å². The van der Waals surface area contributed by atoms with Crippen LogP contribution in [-0.2, 0) is 6.42 Å². The zero-order chi connectivity index (χ0) is 13.4. The molecule has 0 radical (unpaired) electrons. The number of nitrogens with two attached hydrogens (primary N) is 1. The number of nitrogens with zero attached hydrogens (tertiary/aromatic N) is 4. The van der Waals surface area contributed by atoms with Crippen LogP contribution in [0, 0.1) is 0 Å². The third-order valence-corrected chi connectivity index (χ3v) is 3.94. The van der Waals surface area contributed by atoms with Crippen molar-refractivity contribution in [2.75, 3.05) is 12.3 Å². The summed E-state index contributed by atoms with van der Waals surface area (Å²) in [6, 6.07) is 6.87. The molecule has 19 heavy (non-hydrogen) atoms. The van der Waals surface area contributed by atoms with Crippen LogP contribution in [-0.4, -0.2) is 38.1 Å². The van der Waals surface area contributed by atoms with Crippen molar-refractivity contribution in [1.82, 2.24) is 19.5 Å². The van der Waals surface area contributed by atoms with Crippen LogP contribution >= 0.6 is 0 Å². The summed E-state index contributed by atoms with van der Waals surface area (Å²) in [6.07, 6.45) is 3.43. The number of rotatable bonds is 3. The van der Waals surface area contributed by atoms with Gasteiger partial charge in [0.2, 0.25) is 0 Å². The molecule has 1 aliphatic heterocycles. The van der Waals surface area contributed by atoms with Gasteiger partial charge in [-0.2, -0.15) is 4.52 Å². The highest BCUT2D eigenvalue weighted by Gasteiger charge is 2.27. The van der Waals surface area contributed by atoms with Gasteiger partial charge in [0.25, 0.3) is 0 Å². The molecule has 2 aromatic rings. The van der Waals surface area contributed by atoms with Crippen molar-refractivity contribution in [2.45, 2.75) is 45.2 Å². The Kier molecular flexibility index (Phi) is 3.14. The van der Waals surface area contributed by atoms with Gasteiger partial charge >= 0.3 is 0 Å². The summed E-state index contributed by atoms with van der Waals surface area (Å²) in [4.78, 5) is 7.13. The molecule has 1 fully saturated rings. The molecule has 0 bridgehead atoms. The van der Waals surface area contributed by atoms with Crippen molar-refractivity contribution in [3.63, 3.8) is 0 Å². The van der Waals surface area contributed by atoms with Gasteiger partial charge in [-0.15, -0.1) is 5.10 Å². The van der Waals surface area contributed by atoms with Crippen LogP contribution in [0.5, 0.6) is 0 Å². The van der Waals surface area contributed by atoms with E-state index < -0.39 is 0 Å². The number of hydrogen-bond acceptors (Lipinski definition) is 4. The molecule has 1 aliphatic rings. The fraction of sp³-hybridized carbons (Fsp3) is 0.571. The molecule has 0 saturated carbocycles. The quantitative estimate of drug-likeness (QED) is 0.912. The summed E-state index contributed by atoms with van der Waals surface area (Å²) >= 11 is 0. The van der Waals surface area contributed by atoms with E-state index in [1.54, 1.807) is 4.52 Å². The average Bonchev–Trinajstić information content (AvgIpc) is 2.96. The molecule has 3 heterocycles. The van der Waals surface area contributed by atoms with Crippen LogP contribution in [0.25, 0.3) is 5.65 Å². The van der Waals surface area contributed by atoms with Gasteiger partial charge in [-0.1, -0.05) is 6.07 Å².